The average molecular weight is 469 g/mol. The number of benzene rings is 2. The van der Waals surface area contributed by atoms with Crippen LogP contribution in [0.15, 0.2) is 48.8 Å². The van der Waals surface area contributed by atoms with E-state index in [0.29, 0.717) is 18.5 Å². The highest BCUT2D eigenvalue weighted by Gasteiger charge is 2.35. The molecule has 0 fully saturated rings. The largest absolute Gasteiger partial charge is 0.484 e. The first-order chi connectivity index (χ1) is 16.0. The smallest absolute Gasteiger partial charge is 0.321 e. The number of aryl methyl sites for hydroxylation is 3. The van der Waals surface area contributed by atoms with Gasteiger partial charge in [0.15, 0.2) is 5.82 Å². The Hall–Kier alpha value is -3.82. The molecule has 4 aromatic rings. The van der Waals surface area contributed by atoms with Gasteiger partial charge in [-0.2, -0.15) is 13.9 Å². The minimum absolute atomic E-state index is 0.514. The van der Waals surface area contributed by atoms with E-state index in [0.717, 1.165) is 27.6 Å². The maximum Gasteiger partial charge on any atom is 0.321 e. The van der Waals surface area contributed by atoms with Gasteiger partial charge in [-0.1, -0.05) is 34.5 Å². The van der Waals surface area contributed by atoms with E-state index in [9.17, 15) is 13.6 Å². The minimum atomic E-state index is -3.49. The number of aromatic nitrogens is 5. The topological polar surface area (TPSA) is 86.9 Å². The number of rotatable bonds is 7. The molecule has 1 amide bonds. The van der Waals surface area contributed by atoms with E-state index < -0.39 is 24.0 Å². The van der Waals surface area contributed by atoms with Crippen molar-refractivity contribution in [2.45, 2.75) is 45.8 Å². The predicted octanol–water partition coefficient (Wildman–Crippen LogP) is 4.05. The maximum absolute atomic E-state index is 13.5. The fraction of sp³-hybridized carbons (Fsp3) is 0.333. The Kier molecular flexibility index (Phi) is 6.07. The summed E-state index contributed by atoms with van der Waals surface area (Å²) in [4.78, 5) is 12.0. The molecule has 0 bridgehead atoms. The summed E-state index contributed by atoms with van der Waals surface area (Å²) in [6.07, 6.45) is 2.74. The zero-order chi connectivity index (χ0) is 24.6. The Bertz CT molecular complexity index is 1320. The Labute approximate surface area is 195 Å². The number of fused-ring (bicyclic) bond motifs is 1. The van der Waals surface area contributed by atoms with Crippen molar-refractivity contribution in [3.63, 3.8) is 0 Å². The summed E-state index contributed by atoms with van der Waals surface area (Å²) < 4.78 is 36.6. The molecule has 0 radical (unpaired) electrons. The third-order valence-corrected chi connectivity index (χ3v) is 5.39. The molecule has 8 nitrogen and oxygen atoms in total. The molecule has 2 aromatic carbocycles. The lowest BCUT2D eigenvalue weighted by atomic mass is 9.98. The van der Waals surface area contributed by atoms with Gasteiger partial charge in [0, 0.05) is 19.4 Å². The lowest BCUT2D eigenvalue weighted by Crippen LogP contribution is -2.46. The van der Waals surface area contributed by atoms with Crippen molar-refractivity contribution in [2.24, 2.45) is 7.05 Å². The first-order valence-electron chi connectivity index (χ1n) is 10.8. The van der Waals surface area contributed by atoms with Gasteiger partial charge in [0.05, 0.1) is 24.0 Å². The van der Waals surface area contributed by atoms with Gasteiger partial charge in [-0.15, -0.1) is 5.10 Å². The molecule has 34 heavy (non-hydrogen) atoms. The Morgan fingerprint density at radius 1 is 1.15 bits per heavy atom. The first kappa shape index (κ1) is 23.3. The van der Waals surface area contributed by atoms with Crippen molar-refractivity contribution in [1.82, 2.24) is 30.1 Å². The Morgan fingerprint density at radius 2 is 1.85 bits per heavy atom. The molecular weight excluding hydrogens is 442 g/mol. The third-order valence-electron chi connectivity index (χ3n) is 5.39. The molecule has 0 spiro atoms. The lowest BCUT2D eigenvalue weighted by Gasteiger charge is -2.28. The second-order valence-corrected chi connectivity index (χ2v) is 8.64. The normalized spacial score (nSPS) is 13.6. The van der Waals surface area contributed by atoms with Gasteiger partial charge >= 0.3 is 5.92 Å². The Morgan fingerprint density at radius 3 is 2.47 bits per heavy atom. The van der Waals surface area contributed by atoms with Crippen molar-refractivity contribution in [1.29, 1.82) is 0 Å². The third kappa shape index (κ3) is 4.90. The number of amides is 1. The number of hydrogen-bond donors (Lipinski definition) is 1. The number of halogens is 2. The first-order valence-corrected chi connectivity index (χ1v) is 10.8. The lowest BCUT2D eigenvalue weighted by molar-refractivity contribution is -0.144. The molecular formula is C24H26F2N6O2. The van der Waals surface area contributed by atoms with Crippen LogP contribution in [0.3, 0.4) is 0 Å². The summed E-state index contributed by atoms with van der Waals surface area (Å²) in [5.74, 6) is -3.75. The zero-order valence-electron chi connectivity index (χ0n) is 19.6. The van der Waals surface area contributed by atoms with E-state index in [1.807, 2.05) is 44.2 Å². The molecule has 2 heterocycles. The second-order valence-electron chi connectivity index (χ2n) is 8.64. The van der Waals surface area contributed by atoms with Gasteiger partial charge in [-0.05, 0) is 44.5 Å². The van der Waals surface area contributed by atoms with Crippen molar-refractivity contribution in [3.05, 3.63) is 65.5 Å². The van der Waals surface area contributed by atoms with Crippen LogP contribution in [0.2, 0.25) is 0 Å². The molecule has 0 saturated carbocycles. The molecule has 0 saturated heterocycles. The fourth-order valence-corrected chi connectivity index (χ4v) is 3.89. The molecule has 0 aliphatic carbocycles. The van der Waals surface area contributed by atoms with Crippen molar-refractivity contribution in [2.75, 3.05) is 0 Å². The number of nitrogens with zero attached hydrogens (tertiary/aromatic N) is 5. The molecule has 178 valence electrons. The van der Waals surface area contributed by atoms with Crippen molar-refractivity contribution < 1.29 is 18.3 Å². The zero-order valence-corrected chi connectivity index (χ0v) is 19.6. The van der Waals surface area contributed by atoms with Crippen LogP contribution in [0.5, 0.6) is 5.75 Å². The van der Waals surface area contributed by atoms with Crippen molar-refractivity contribution >= 4 is 16.8 Å². The van der Waals surface area contributed by atoms with Gasteiger partial charge in [0.2, 0.25) is 0 Å². The van der Waals surface area contributed by atoms with Gasteiger partial charge in [-0.3, -0.25) is 9.48 Å². The number of alkyl halides is 2. The van der Waals surface area contributed by atoms with Crippen LogP contribution in [-0.4, -0.2) is 42.6 Å². The molecule has 0 unspecified atom stereocenters. The second kappa shape index (κ2) is 8.85. The minimum Gasteiger partial charge on any atom is -0.484 e. The number of nitrogens with one attached hydrogen (secondary N) is 1. The van der Waals surface area contributed by atoms with E-state index in [1.54, 1.807) is 41.8 Å². The van der Waals surface area contributed by atoms with Gasteiger partial charge in [0.25, 0.3) is 5.91 Å². The summed E-state index contributed by atoms with van der Waals surface area (Å²) >= 11 is 0. The molecule has 2 atom stereocenters. The van der Waals surface area contributed by atoms with E-state index in [-0.39, 0.29) is 0 Å². The highest BCUT2D eigenvalue weighted by molar-refractivity contribution is 5.83. The van der Waals surface area contributed by atoms with E-state index in [4.69, 9.17) is 4.74 Å². The quantitative estimate of drug-likeness (QED) is 0.442. The molecule has 1 N–H and O–H groups in total. The fourth-order valence-electron chi connectivity index (χ4n) is 3.89. The number of ether oxygens (including phenoxy) is 1. The highest BCUT2D eigenvalue weighted by Crippen LogP contribution is 2.30. The van der Waals surface area contributed by atoms with Gasteiger partial charge < -0.3 is 10.1 Å². The van der Waals surface area contributed by atoms with E-state index >= 15 is 0 Å². The molecule has 10 heteroatoms. The van der Waals surface area contributed by atoms with Crippen LogP contribution in [-0.2, 0) is 11.8 Å². The molecule has 0 aliphatic heterocycles. The summed E-state index contributed by atoms with van der Waals surface area (Å²) in [6.45, 7) is 6.12. The summed E-state index contributed by atoms with van der Waals surface area (Å²) in [7, 11) is 1.77. The van der Waals surface area contributed by atoms with Crippen LogP contribution in [0.1, 0.15) is 36.6 Å². The highest BCUT2D eigenvalue weighted by atomic mass is 19.3. The molecule has 2 aromatic heterocycles. The molecule has 0 aliphatic rings. The van der Waals surface area contributed by atoms with E-state index in [1.165, 1.54) is 0 Å². The van der Waals surface area contributed by atoms with Gasteiger partial charge in [0.1, 0.15) is 11.9 Å². The van der Waals surface area contributed by atoms with Crippen LogP contribution in [0.25, 0.3) is 16.7 Å². The predicted molar refractivity (Wildman–Crippen MR) is 123 cm³/mol. The van der Waals surface area contributed by atoms with Crippen LogP contribution < -0.4 is 10.1 Å². The Balaban J connectivity index is 1.67. The number of carbonyl (C=O) groups excluding carboxylic acids is 1. The summed E-state index contributed by atoms with van der Waals surface area (Å²) in [5.41, 5.74) is 3.59. The van der Waals surface area contributed by atoms with Crippen LogP contribution >= 0.6 is 0 Å². The monoisotopic (exact) mass is 468 g/mol. The van der Waals surface area contributed by atoms with Crippen LogP contribution in [0, 0.1) is 13.8 Å². The SMILES string of the molecule is Cc1cc(C)cc([C@@H](Oc2ccc3c(cnn3-c3cn(C)nn3)c2)[C@H](C)NC(=O)C(C)(F)F)c1. The maximum atomic E-state index is 13.5. The standard InChI is InChI=1S/C24H26F2N6O2/c1-14-8-15(2)10-17(9-14)22(16(3)28-23(33)24(4,25)26)34-19-6-7-20-18(11-19)12-27-32(20)21-13-31(5)30-29-21/h6-13,16,22H,1-5H3,(H,28,33)/t16-,22-/m0/s1. The van der Waals surface area contributed by atoms with Gasteiger partial charge in [-0.25, -0.2) is 4.68 Å². The molecule has 4 rings (SSSR count). The summed E-state index contributed by atoms with van der Waals surface area (Å²) in [5, 5.41) is 15.6. The van der Waals surface area contributed by atoms with Crippen LogP contribution in [0.4, 0.5) is 8.78 Å². The average Bonchev–Trinajstić information content (AvgIpc) is 3.35. The summed E-state index contributed by atoms with van der Waals surface area (Å²) in [6, 6.07) is 10.6. The number of hydrogen-bond acceptors (Lipinski definition) is 5. The number of carbonyl (C=O) groups is 1. The van der Waals surface area contributed by atoms with Crippen molar-refractivity contribution in [3.8, 4) is 11.6 Å². The van der Waals surface area contributed by atoms with E-state index in [2.05, 4.69) is 20.7 Å².